The molecule has 0 amide bonds. The third-order valence-corrected chi connectivity index (χ3v) is 30.1. The first-order valence-electron chi connectivity index (χ1n) is 48.9. The van der Waals surface area contributed by atoms with Gasteiger partial charge in [0, 0.05) is 58.8 Å². The quantitative estimate of drug-likeness (QED) is 0.0211. The highest BCUT2D eigenvalue weighted by molar-refractivity contribution is 5.88. The van der Waals surface area contributed by atoms with Crippen molar-refractivity contribution in [2.24, 2.45) is 81.3 Å². The van der Waals surface area contributed by atoms with E-state index >= 15 is 0 Å². The van der Waals surface area contributed by atoms with Crippen molar-refractivity contribution in [1.82, 2.24) is 0 Å². The van der Waals surface area contributed by atoms with Crippen molar-refractivity contribution < 1.29 is 68.0 Å². The van der Waals surface area contributed by atoms with Gasteiger partial charge in [0.25, 0.3) is 0 Å². The Bertz CT molecular complexity index is 3270. The summed E-state index contributed by atoms with van der Waals surface area (Å²) < 4.78 is 35.8. The first-order valence-corrected chi connectivity index (χ1v) is 48.9. The largest absolute Gasteiger partial charge is 0.493 e. The highest BCUT2D eigenvalue weighted by atomic mass is 16.5. The number of aliphatic hydroxyl groups is 4. The van der Waals surface area contributed by atoms with Crippen LogP contribution < -0.4 is 9.47 Å². The molecule has 14 nitrogen and oxygen atoms in total. The lowest BCUT2D eigenvalue weighted by molar-refractivity contribution is -0.139. The monoisotopic (exact) mass is 1670 g/mol. The molecular formula is C106H172O14. The Morgan fingerprint density at radius 1 is 0.367 bits per heavy atom. The molecule has 2 aromatic rings. The Labute approximate surface area is 730 Å². The van der Waals surface area contributed by atoms with Gasteiger partial charge in [0.15, 0.2) is 0 Å². The molecule has 0 spiro atoms. The van der Waals surface area contributed by atoms with E-state index in [2.05, 4.69) is 99.0 Å². The topological polar surface area (TPSA) is 205 Å². The molecule has 120 heavy (non-hydrogen) atoms. The van der Waals surface area contributed by atoms with Gasteiger partial charge in [0.2, 0.25) is 0 Å². The molecule has 6 fully saturated rings. The second kappa shape index (κ2) is 53.3. The third kappa shape index (κ3) is 33.6. The number of hydrogen-bond donors (Lipinski definition) is 4. The number of benzene rings is 2. The van der Waals surface area contributed by atoms with Crippen LogP contribution >= 0.6 is 0 Å². The summed E-state index contributed by atoms with van der Waals surface area (Å²) in [6.45, 7) is 38.1. The molecule has 6 aliphatic carbocycles. The smallest absolute Gasteiger partial charge is 0.333 e. The second-order valence-corrected chi connectivity index (χ2v) is 40.6. The lowest BCUT2D eigenvalue weighted by atomic mass is 9.64. The van der Waals surface area contributed by atoms with E-state index in [0.29, 0.717) is 104 Å². The van der Waals surface area contributed by atoms with Crippen LogP contribution in [0, 0.1) is 81.3 Å². The molecular weight excluding hydrogens is 1500 g/mol. The Hall–Kier alpha value is -5.28. The second-order valence-electron chi connectivity index (χ2n) is 40.6. The molecule has 680 valence electrons. The Kier molecular flexibility index (Phi) is 45.2. The van der Waals surface area contributed by atoms with E-state index in [1.54, 1.807) is 27.7 Å². The minimum absolute atomic E-state index is 0.0694. The van der Waals surface area contributed by atoms with Crippen molar-refractivity contribution in [2.45, 2.75) is 377 Å². The first kappa shape index (κ1) is 102. The van der Waals surface area contributed by atoms with Gasteiger partial charge in [-0.15, -0.1) is 0 Å². The molecule has 2 aromatic carbocycles. The van der Waals surface area contributed by atoms with Crippen LogP contribution in [-0.4, -0.2) is 110 Å². The van der Waals surface area contributed by atoms with E-state index in [1.165, 1.54) is 191 Å². The maximum absolute atomic E-state index is 12.4. The molecule has 14 heteroatoms. The number of rotatable bonds is 50. The first-order chi connectivity index (χ1) is 57.6. The Morgan fingerprint density at radius 2 is 0.642 bits per heavy atom. The summed E-state index contributed by atoms with van der Waals surface area (Å²) >= 11 is 0. The van der Waals surface area contributed by atoms with Crippen molar-refractivity contribution in [3.63, 3.8) is 0 Å². The molecule has 0 radical (unpaired) electrons. The van der Waals surface area contributed by atoms with Crippen molar-refractivity contribution in [3.05, 3.63) is 106 Å². The Morgan fingerprint density at radius 3 is 0.900 bits per heavy atom. The van der Waals surface area contributed by atoms with Crippen LogP contribution in [0.25, 0.3) is 0 Å². The van der Waals surface area contributed by atoms with Crippen LogP contribution in [0.4, 0.5) is 0 Å². The molecule has 8 rings (SSSR count). The number of ether oxygens (including phenoxy) is 6. The van der Waals surface area contributed by atoms with E-state index < -0.39 is 34.7 Å². The molecule has 0 saturated heterocycles. The highest BCUT2D eigenvalue weighted by Crippen LogP contribution is 2.51. The number of hydrogen-bond acceptors (Lipinski definition) is 14. The minimum Gasteiger partial charge on any atom is -0.493 e. The zero-order valence-corrected chi connectivity index (χ0v) is 77.9. The summed E-state index contributed by atoms with van der Waals surface area (Å²) in [6.07, 6.45) is 53.6. The molecule has 1 unspecified atom stereocenters. The molecule has 1 atom stereocenters. The average Bonchev–Trinajstić information content (AvgIpc) is 0.800. The highest BCUT2D eigenvalue weighted by Gasteiger charge is 2.40. The van der Waals surface area contributed by atoms with Crippen LogP contribution in [0.5, 0.6) is 11.5 Å². The number of carbonyl (C=O) groups excluding carboxylic acids is 4. The molecule has 0 aliphatic heterocycles. The van der Waals surface area contributed by atoms with E-state index in [0.717, 1.165) is 151 Å². The fourth-order valence-corrected chi connectivity index (χ4v) is 21.8. The van der Waals surface area contributed by atoms with Gasteiger partial charge >= 0.3 is 23.9 Å². The van der Waals surface area contributed by atoms with Crippen LogP contribution in [0.1, 0.15) is 385 Å². The van der Waals surface area contributed by atoms with E-state index in [-0.39, 0.29) is 58.3 Å². The predicted molar refractivity (Wildman–Crippen MR) is 490 cm³/mol. The number of esters is 4. The fraction of sp³-hybridized carbons (Fsp3) is 0.774. The Balaban J connectivity index is 0.000000331. The molecule has 0 heterocycles. The normalized spacial score (nSPS) is 23.9. The van der Waals surface area contributed by atoms with Crippen molar-refractivity contribution >= 4 is 23.9 Å². The van der Waals surface area contributed by atoms with Crippen LogP contribution in [0.3, 0.4) is 0 Å². The molecule has 0 bridgehead atoms. The summed E-state index contributed by atoms with van der Waals surface area (Å²) in [5, 5.41) is 42.2. The lowest BCUT2D eigenvalue weighted by Gasteiger charge is -2.41. The van der Waals surface area contributed by atoms with Gasteiger partial charge in [-0.3, -0.25) is 0 Å². The number of aliphatic hydroxyl groups excluding tert-OH is 4. The molecule has 4 N–H and O–H groups in total. The average molecular weight is 1670 g/mol. The van der Waals surface area contributed by atoms with Gasteiger partial charge in [0.05, 0.1) is 66.1 Å². The van der Waals surface area contributed by atoms with Crippen LogP contribution in [-0.2, 0) is 63.8 Å². The van der Waals surface area contributed by atoms with Crippen molar-refractivity contribution in [2.75, 3.05) is 66.1 Å². The summed E-state index contributed by atoms with van der Waals surface area (Å²) in [7, 11) is 0. The van der Waals surface area contributed by atoms with Gasteiger partial charge < -0.3 is 48.8 Å². The van der Waals surface area contributed by atoms with Gasteiger partial charge in [-0.25, -0.2) is 19.2 Å². The minimum atomic E-state index is -0.660. The predicted octanol–water partition coefficient (Wildman–Crippen LogP) is 24.9. The zero-order valence-electron chi connectivity index (χ0n) is 77.9. The molecule has 6 saturated carbocycles. The van der Waals surface area contributed by atoms with Crippen molar-refractivity contribution in [3.8, 4) is 11.5 Å². The van der Waals surface area contributed by atoms with Crippen LogP contribution in [0.15, 0.2) is 72.9 Å². The summed E-state index contributed by atoms with van der Waals surface area (Å²) in [5.74, 6) is 10.2. The zero-order chi connectivity index (χ0) is 87.2. The fourth-order valence-electron chi connectivity index (χ4n) is 21.8. The lowest BCUT2D eigenvalue weighted by Crippen LogP contribution is -2.34. The standard InChI is InChI=1S/C54H88O7.C52H84O7/c1-8-11-13-15-42-16-18-43(19-17-42)44-20-22-45(23-21-44)46-24-26-47(27-25-46)50-34-48(28-31-60-52(57)39(4)5)51(49(35-50)29-32-61-53(58)40(6)7)59-33-30-54(37-55,38-56)36-41(10-3)14-12-9-2;1-9-10-11-12-39-13-15-40(16-14-39)41-17-19-42(20-18-41)43-21-23-44(24-22-43)47-33-45(25-30-58-49(55)37(2)3)48(46(34-47)26-31-59-50(56)38(4)5)57-32-29-52(35-53,36-54)28-27-51(6,7)8/h34-35,41-47,55-56H,4,6,8-33,36-38H2,1-3,5,7H3;33-34,39-44,53-54H,2,4,9-32,35-36H2,1,3,5-8H3. The van der Waals surface area contributed by atoms with E-state index in [9.17, 15) is 39.6 Å². The van der Waals surface area contributed by atoms with Crippen molar-refractivity contribution in [1.29, 1.82) is 0 Å². The third-order valence-electron chi connectivity index (χ3n) is 30.1. The SMILES string of the molecule is C=C(C)C(=O)OCCc1cc(C2CCC(C3CCC(C4CCC(CCCCC)CC4)CC3)CC2)cc(CCOC(=O)C(=C)C)c1OCCC(CO)(CO)CC(CC)CCCC.C=C(C)C(=O)OCCc1cc(C2CCC(C3CCC(C4CCC(CCCCC)CC4)CC3)CC2)cc(CCOC(=O)C(=C)C)c1OCCC(CO)(CO)CCC(C)(C)C. The molecule has 6 aliphatic rings. The maximum atomic E-state index is 12.4. The summed E-state index contributed by atoms with van der Waals surface area (Å²) in [5.41, 5.74) is 6.63. The van der Waals surface area contributed by atoms with E-state index in [4.69, 9.17) is 28.4 Å². The van der Waals surface area contributed by atoms with Gasteiger partial charge in [-0.2, -0.15) is 0 Å². The summed E-state index contributed by atoms with van der Waals surface area (Å²) in [4.78, 5) is 49.7. The van der Waals surface area contributed by atoms with Crippen LogP contribution in [0.2, 0.25) is 0 Å². The van der Waals surface area contributed by atoms with E-state index in [1.807, 2.05) is 0 Å². The van der Waals surface area contributed by atoms with Gasteiger partial charge in [-0.1, -0.05) is 202 Å². The number of carbonyl (C=O) groups is 4. The van der Waals surface area contributed by atoms with Gasteiger partial charge in [-0.05, 0) is 304 Å². The molecule has 0 aromatic heterocycles. The number of unbranched alkanes of at least 4 members (excludes halogenated alkanes) is 5. The summed E-state index contributed by atoms with van der Waals surface area (Å²) in [6, 6.07) is 9.05. The maximum Gasteiger partial charge on any atom is 0.333 e. The van der Waals surface area contributed by atoms with Gasteiger partial charge in [0.1, 0.15) is 11.5 Å².